The molecule has 0 bridgehead atoms. The number of alkyl halides is 3. The second kappa shape index (κ2) is 4.18. The van der Waals surface area contributed by atoms with E-state index in [-0.39, 0.29) is 12.8 Å². The minimum absolute atomic E-state index is 0.0214. The molecule has 0 radical (unpaired) electrons. The van der Waals surface area contributed by atoms with E-state index in [1.165, 1.54) is 0 Å². The molecule has 2 aliphatic rings. The second-order valence-corrected chi connectivity index (χ2v) is 5.01. The first-order chi connectivity index (χ1) is 7.41. The van der Waals surface area contributed by atoms with Crippen LogP contribution in [0.25, 0.3) is 0 Å². The number of ether oxygens (including phenoxy) is 1. The molecule has 1 saturated heterocycles. The van der Waals surface area contributed by atoms with Crippen molar-refractivity contribution in [3.05, 3.63) is 0 Å². The Morgan fingerprint density at radius 1 is 1.19 bits per heavy atom. The summed E-state index contributed by atoms with van der Waals surface area (Å²) >= 11 is 0. The Bertz CT molecular complexity index is 250. The van der Waals surface area contributed by atoms with Gasteiger partial charge in [-0.25, -0.2) is 0 Å². The fraction of sp³-hybridized carbons (Fsp3) is 1.00. The van der Waals surface area contributed by atoms with Gasteiger partial charge in [0.05, 0.1) is 17.6 Å². The van der Waals surface area contributed by atoms with Crippen molar-refractivity contribution in [1.82, 2.24) is 0 Å². The lowest BCUT2D eigenvalue weighted by Crippen LogP contribution is -2.47. The molecule has 0 aromatic heterocycles. The molecule has 2 rings (SSSR count). The van der Waals surface area contributed by atoms with Gasteiger partial charge in [-0.3, -0.25) is 0 Å². The molecular formula is C11H17F3O2. The Hall–Kier alpha value is -0.290. The molecule has 0 amide bonds. The van der Waals surface area contributed by atoms with Gasteiger partial charge in [-0.1, -0.05) is 0 Å². The smallest absolute Gasteiger partial charge is 0.391 e. The first-order valence-corrected chi connectivity index (χ1v) is 5.80. The maximum atomic E-state index is 12.7. The van der Waals surface area contributed by atoms with Crippen LogP contribution < -0.4 is 0 Å². The van der Waals surface area contributed by atoms with Crippen LogP contribution in [0, 0.1) is 5.92 Å². The fourth-order valence-corrected chi connectivity index (χ4v) is 2.92. The number of halogens is 3. The average Bonchev–Trinajstić information content (AvgIpc) is 2.16. The zero-order valence-corrected chi connectivity index (χ0v) is 9.09. The molecule has 3 atom stereocenters. The molecule has 94 valence electrons. The van der Waals surface area contributed by atoms with Crippen molar-refractivity contribution in [2.45, 2.75) is 56.4 Å². The molecular weight excluding hydrogens is 221 g/mol. The van der Waals surface area contributed by atoms with E-state index in [1.54, 1.807) is 0 Å². The largest absolute Gasteiger partial charge is 0.393 e. The molecule has 1 heterocycles. The summed E-state index contributed by atoms with van der Waals surface area (Å²) < 4.78 is 43.5. The lowest BCUT2D eigenvalue weighted by molar-refractivity contribution is -0.219. The number of aliphatic hydroxyl groups excluding tert-OH is 1. The normalized spacial score (nSPS) is 41.2. The highest BCUT2D eigenvalue weighted by Crippen LogP contribution is 2.46. The van der Waals surface area contributed by atoms with E-state index in [9.17, 15) is 18.3 Å². The zero-order valence-electron chi connectivity index (χ0n) is 9.09. The predicted octanol–water partition coefficient (Wildman–Crippen LogP) is 2.65. The van der Waals surface area contributed by atoms with Crippen LogP contribution in [0.4, 0.5) is 13.2 Å². The number of rotatable bonds is 0. The third-order valence-corrected chi connectivity index (χ3v) is 3.73. The van der Waals surface area contributed by atoms with Gasteiger partial charge in [0.15, 0.2) is 0 Å². The molecule has 0 aromatic carbocycles. The molecule has 1 aliphatic carbocycles. The number of aliphatic hydroxyl groups is 1. The van der Waals surface area contributed by atoms with Crippen molar-refractivity contribution in [2.24, 2.45) is 5.92 Å². The second-order valence-electron chi connectivity index (χ2n) is 5.01. The van der Waals surface area contributed by atoms with Gasteiger partial charge in [0, 0.05) is 13.0 Å². The summed E-state index contributed by atoms with van der Waals surface area (Å²) in [7, 11) is 0. The standard InChI is InChI=1S/C11H17F3O2/c12-11(13,14)8-2-1-4-10(6-8)7-9(15)3-5-16-10/h8-9,15H,1-7H2. The summed E-state index contributed by atoms with van der Waals surface area (Å²) in [5, 5.41) is 9.55. The van der Waals surface area contributed by atoms with Crippen LogP contribution in [0.3, 0.4) is 0 Å². The van der Waals surface area contributed by atoms with Crippen LogP contribution in [-0.2, 0) is 4.74 Å². The zero-order chi connectivity index (χ0) is 11.8. The minimum Gasteiger partial charge on any atom is -0.393 e. The Morgan fingerprint density at radius 2 is 1.94 bits per heavy atom. The lowest BCUT2D eigenvalue weighted by Gasteiger charge is -2.45. The molecule has 2 nitrogen and oxygen atoms in total. The van der Waals surface area contributed by atoms with Crippen molar-refractivity contribution >= 4 is 0 Å². The molecule has 1 spiro atoms. The summed E-state index contributed by atoms with van der Waals surface area (Å²) in [5.41, 5.74) is -0.712. The maximum absolute atomic E-state index is 12.7. The van der Waals surface area contributed by atoms with Crippen LogP contribution in [-0.4, -0.2) is 29.6 Å². The van der Waals surface area contributed by atoms with E-state index < -0.39 is 23.8 Å². The summed E-state index contributed by atoms with van der Waals surface area (Å²) in [4.78, 5) is 0. The van der Waals surface area contributed by atoms with E-state index in [0.29, 0.717) is 32.3 Å². The molecule has 0 aromatic rings. The van der Waals surface area contributed by atoms with Crippen molar-refractivity contribution in [3.8, 4) is 0 Å². The predicted molar refractivity (Wildman–Crippen MR) is 51.9 cm³/mol. The maximum Gasteiger partial charge on any atom is 0.391 e. The molecule has 1 saturated carbocycles. The molecule has 3 unspecified atom stereocenters. The Kier molecular flexibility index (Phi) is 3.18. The lowest BCUT2D eigenvalue weighted by atomic mass is 9.73. The molecule has 5 heteroatoms. The first kappa shape index (κ1) is 12.2. The van der Waals surface area contributed by atoms with Gasteiger partial charge in [-0.15, -0.1) is 0 Å². The number of hydrogen-bond donors (Lipinski definition) is 1. The van der Waals surface area contributed by atoms with E-state index in [4.69, 9.17) is 4.74 Å². The van der Waals surface area contributed by atoms with Crippen LogP contribution >= 0.6 is 0 Å². The molecule has 2 fully saturated rings. The SMILES string of the molecule is OC1CCOC2(CCCC(C(F)(F)F)C2)C1. The summed E-state index contributed by atoms with van der Waals surface area (Å²) in [6.07, 6.45) is -2.32. The molecule has 1 aliphatic heterocycles. The van der Waals surface area contributed by atoms with Gasteiger partial charge in [0.25, 0.3) is 0 Å². The quantitative estimate of drug-likeness (QED) is 0.703. The average molecular weight is 238 g/mol. The summed E-state index contributed by atoms with van der Waals surface area (Å²) in [5.74, 6) is -1.26. The van der Waals surface area contributed by atoms with Gasteiger partial charge in [0.2, 0.25) is 0 Å². The molecule has 1 N–H and O–H groups in total. The highest BCUT2D eigenvalue weighted by molar-refractivity contribution is 4.94. The van der Waals surface area contributed by atoms with Gasteiger partial charge in [-0.2, -0.15) is 13.2 Å². The van der Waals surface area contributed by atoms with Crippen molar-refractivity contribution in [1.29, 1.82) is 0 Å². The van der Waals surface area contributed by atoms with E-state index in [2.05, 4.69) is 0 Å². The van der Waals surface area contributed by atoms with Crippen molar-refractivity contribution in [3.63, 3.8) is 0 Å². The Balaban J connectivity index is 2.05. The van der Waals surface area contributed by atoms with Gasteiger partial charge < -0.3 is 9.84 Å². The number of hydrogen-bond acceptors (Lipinski definition) is 2. The molecule has 16 heavy (non-hydrogen) atoms. The van der Waals surface area contributed by atoms with Crippen LogP contribution in [0.2, 0.25) is 0 Å². The van der Waals surface area contributed by atoms with Crippen LogP contribution in [0.1, 0.15) is 38.5 Å². The third-order valence-electron chi connectivity index (χ3n) is 3.73. The first-order valence-electron chi connectivity index (χ1n) is 5.80. The minimum atomic E-state index is -4.13. The Morgan fingerprint density at radius 3 is 2.56 bits per heavy atom. The highest BCUT2D eigenvalue weighted by Gasteiger charge is 2.49. The van der Waals surface area contributed by atoms with Crippen LogP contribution in [0.15, 0.2) is 0 Å². The highest BCUT2D eigenvalue weighted by atomic mass is 19.4. The van der Waals surface area contributed by atoms with Crippen LogP contribution in [0.5, 0.6) is 0 Å². The van der Waals surface area contributed by atoms with Crippen molar-refractivity contribution in [2.75, 3.05) is 6.61 Å². The van der Waals surface area contributed by atoms with E-state index >= 15 is 0 Å². The Labute approximate surface area is 92.8 Å². The van der Waals surface area contributed by atoms with Gasteiger partial charge in [0.1, 0.15) is 0 Å². The summed E-state index contributed by atoms with van der Waals surface area (Å²) in [6.45, 7) is 0.381. The van der Waals surface area contributed by atoms with Gasteiger partial charge >= 0.3 is 6.18 Å². The van der Waals surface area contributed by atoms with E-state index in [1.807, 2.05) is 0 Å². The van der Waals surface area contributed by atoms with Gasteiger partial charge in [-0.05, 0) is 32.1 Å². The topological polar surface area (TPSA) is 29.5 Å². The third kappa shape index (κ3) is 2.51. The monoisotopic (exact) mass is 238 g/mol. The summed E-state index contributed by atoms with van der Waals surface area (Å²) in [6, 6.07) is 0. The fourth-order valence-electron chi connectivity index (χ4n) is 2.92. The van der Waals surface area contributed by atoms with E-state index in [0.717, 1.165) is 0 Å². The van der Waals surface area contributed by atoms with Crippen molar-refractivity contribution < 1.29 is 23.0 Å².